The summed E-state index contributed by atoms with van der Waals surface area (Å²) in [4.78, 5) is 16.6. The van der Waals surface area contributed by atoms with Gasteiger partial charge < -0.3 is 15.4 Å². The summed E-state index contributed by atoms with van der Waals surface area (Å²) in [5, 5.41) is 9.70. The van der Waals surface area contributed by atoms with Crippen molar-refractivity contribution in [2.24, 2.45) is 7.05 Å². The van der Waals surface area contributed by atoms with Gasteiger partial charge >= 0.3 is 6.03 Å². The quantitative estimate of drug-likeness (QED) is 0.593. The number of carbonyl (C=O) groups excluding carboxylic acids is 1. The molecule has 0 bridgehead atoms. The Hall–Kier alpha value is -3.42. The molecule has 0 unspecified atom stereocenters. The largest absolute Gasteiger partial charge is 0.457 e. The number of hydrogen-bond acceptors (Lipinski definition) is 4. The average Bonchev–Trinajstić information content (AvgIpc) is 3.21. The number of hydrogen-bond donors (Lipinski definition) is 2. The Morgan fingerprint density at radius 1 is 1.23 bits per heavy atom. The lowest BCUT2D eigenvalue weighted by atomic mass is 9.96. The molecule has 162 valence electrons. The van der Waals surface area contributed by atoms with Gasteiger partial charge in [-0.25, -0.2) is 9.18 Å². The van der Waals surface area contributed by atoms with Gasteiger partial charge in [0.1, 0.15) is 11.5 Å². The Morgan fingerprint density at radius 3 is 2.77 bits per heavy atom. The zero-order valence-corrected chi connectivity index (χ0v) is 17.7. The van der Waals surface area contributed by atoms with Crippen LogP contribution in [-0.2, 0) is 7.05 Å². The van der Waals surface area contributed by atoms with Crippen molar-refractivity contribution in [1.29, 1.82) is 0 Å². The van der Waals surface area contributed by atoms with E-state index in [9.17, 15) is 9.18 Å². The molecule has 0 spiro atoms. The summed E-state index contributed by atoms with van der Waals surface area (Å²) in [5.74, 6) is 0.393. The molecule has 1 aliphatic carbocycles. The van der Waals surface area contributed by atoms with E-state index in [-0.39, 0.29) is 17.8 Å². The molecule has 1 saturated carbocycles. The normalized spacial score (nSPS) is 14.3. The minimum Gasteiger partial charge on any atom is -0.457 e. The van der Waals surface area contributed by atoms with Crippen LogP contribution in [0.3, 0.4) is 0 Å². The van der Waals surface area contributed by atoms with Gasteiger partial charge in [-0.1, -0.05) is 19.3 Å². The molecular formula is C23H26FN5O2. The van der Waals surface area contributed by atoms with Gasteiger partial charge in [-0.2, -0.15) is 5.10 Å². The Bertz CT molecular complexity index is 1080. The first kappa shape index (κ1) is 20.8. The first-order valence-corrected chi connectivity index (χ1v) is 10.5. The number of urea groups is 1. The Morgan fingerprint density at radius 2 is 2.03 bits per heavy atom. The molecule has 4 rings (SSSR count). The SMILES string of the molecule is Cc1c(Oc2ccnc(-c3cnn(C)c3)c2)ccc(NC(=O)NC2CCCCC2)c1F. The molecule has 0 saturated heterocycles. The molecule has 2 N–H and O–H groups in total. The maximum absolute atomic E-state index is 14.9. The second-order valence-electron chi connectivity index (χ2n) is 7.87. The second-order valence-corrected chi connectivity index (χ2v) is 7.87. The fraction of sp³-hybridized carbons (Fsp3) is 0.348. The Kier molecular flexibility index (Phi) is 6.16. The fourth-order valence-corrected chi connectivity index (χ4v) is 3.78. The molecule has 1 aromatic carbocycles. The van der Waals surface area contributed by atoms with Crippen LogP contribution in [0.25, 0.3) is 11.3 Å². The summed E-state index contributed by atoms with van der Waals surface area (Å²) in [6, 6.07) is 6.43. The van der Waals surface area contributed by atoms with Gasteiger partial charge in [0.2, 0.25) is 0 Å². The van der Waals surface area contributed by atoms with E-state index in [1.807, 2.05) is 13.2 Å². The number of amides is 2. The summed E-state index contributed by atoms with van der Waals surface area (Å²) in [5.41, 5.74) is 2.01. The zero-order valence-electron chi connectivity index (χ0n) is 17.7. The smallest absolute Gasteiger partial charge is 0.319 e. The van der Waals surface area contributed by atoms with Crippen molar-refractivity contribution < 1.29 is 13.9 Å². The lowest BCUT2D eigenvalue weighted by molar-refractivity contribution is 0.244. The number of aryl methyl sites for hydroxylation is 1. The molecule has 0 aliphatic heterocycles. The first-order valence-electron chi connectivity index (χ1n) is 10.5. The summed E-state index contributed by atoms with van der Waals surface area (Å²) >= 11 is 0. The number of rotatable bonds is 5. The summed E-state index contributed by atoms with van der Waals surface area (Å²) < 4.78 is 22.5. The van der Waals surface area contributed by atoms with Crippen molar-refractivity contribution in [2.45, 2.75) is 45.1 Å². The monoisotopic (exact) mass is 423 g/mol. The number of aromatic nitrogens is 3. The van der Waals surface area contributed by atoms with Crippen LogP contribution in [0.5, 0.6) is 11.5 Å². The summed E-state index contributed by atoms with van der Waals surface area (Å²) in [6.45, 7) is 1.62. The van der Waals surface area contributed by atoms with E-state index >= 15 is 0 Å². The standard InChI is InChI=1S/C23H26FN5O2/c1-15-21(31-18-10-11-25-20(12-18)16-13-26-29(2)14-16)9-8-19(22(15)24)28-23(30)27-17-6-4-3-5-7-17/h8-14,17H,3-7H2,1-2H3,(H2,27,28,30). The molecule has 7 nitrogen and oxygen atoms in total. The number of anilines is 1. The number of ether oxygens (including phenoxy) is 1. The lowest BCUT2D eigenvalue weighted by Gasteiger charge is -2.23. The molecule has 3 aromatic rings. The van der Waals surface area contributed by atoms with Crippen LogP contribution in [0.4, 0.5) is 14.9 Å². The van der Waals surface area contributed by atoms with Gasteiger partial charge in [-0.15, -0.1) is 0 Å². The van der Waals surface area contributed by atoms with Gasteiger partial charge in [-0.05, 0) is 38.0 Å². The van der Waals surface area contributed by atoms with Crippen LogP contribution in [0, 0.1) is 12.7 Å². The number of nitrogens with zero attached hydrogens (tertiary/aromatic N) is 3. The summed E-state index contributed by atoms with van der Waals surface area (Å²) in [6.07, 6.45) is 10.6. The van der Waals surface area contributed by atoms with Crippen molar-refractivity contribution in [1.82, 2.24) is 20.1 Å². The van der Waals surface area contributed by atoms with Gasteiger partial charge in [0.05, 0.1) is 17.6 Å². The molecule has 31 heavy (non-hydrogen) atoms. The maximum atomic E-state index is 14.9. The highest BCUT2D eigenvalue weighted by molar-refractivity contribution is 5.89. The van der Waals surface area contributed by atoms with Crippen molar-refractivity contribution in [3.8, 4) is 22.8 Å². The topological polar surface area (TPSA) is 81.1 Å². The summed E-state index contributed by atoms with van der Waals surface area (Å²) in [7, 11) is 1.83. The fourth-order valence-electron chi connectivity index (χ4n) is 3.78. The van der Waals surface area contributed by atoms with Crippen LogP contribution in [-0.4, -0.2) is 26.8 Å². The third kappa shape index (κ3) is 5.02. The van der Waals surface area contributed by atoms with Crippen LogP contribution < -0.4 is 15.4 Å². The van der Waals surface area contributed by atoms with Gasteiger partial charge in [0.25, 0.3) is 0 Å². The Labute approximate surface area is 180 Å². The Balaban J connectivity index is 1.45. The predicted octanol–water partition coefficient (Wildman–Crippen LogP) is 5.18. The van der Waals surface area contributed by atoms with Crippen molar-refractivity contribution in [3.63, 3.8) is 0 Å². The van der Waals surface area contributed by atoms with Crippen LogP contribution in [0.15, 0.2) is 42.9 Å². The van der Waals surface area contributed by atoms with E-state index < -0.39 is 5.82 Å². The van der Waals surface area contributed by atoms with E-state index in [0.717, 1.165) is 31.2 Å². The molecule has 1 fully saturated rings. The molecule has 2 heterocycles. The van der Waals surface area contributed by atoms with Gasteiger partial charge in [0, 0.05) is 42.7 Å². The second kappa shape index (κ2) is 9.16. The van der Waals surface area contributed by atoms with Crippen LogP contribution in [0.2, 0.25) is 0 Å². The van der Waals surface area contributed by atoms with Crippen molar-refractivity contribution in [2.75, 3.05) is 5.32 Å². The number of pyridine rings is 1. The van der Waals surface area contributed by atoms with Crippen molar-refractivity contribution in [3.05, 3.63) is 54.2 Å². The van der Waals surface area contributed by atoms with Crippen LogP contribution >= 0.6 is 0 Å². The molecule has 2 amide bonds. The zero-order chi connectivity index (χ0) is 21.8. The molecule has 1 aliphatic rings. The number of nitrogens with one attached hydrogen (secondary N) is 2. The van der Waals surface area contributed by atoms with E-state index in [1.165, 1.54) is 12.5 Å². The molecule has 0 radical (unpaired) electrons. The third-order valence-corrected chi connectivity index (χ3v) is 5.49. The van der Waals surface area contributed by atoms with Gasteiger partial charge in [0.15, 0.2) is 5.82 Å². The number of carbonyl (C=O) groups is 1. The minimum absolute atomic E-state index is 0.129. The highest BCUT2D eigenvalue weighted by atomic mass is 19.1. The number of benzene rings is 1. The van der Waals surface area contributed by atoms with E-state index in [0.29, 0.717) is 22.8 Å². The molecule has 8 heteroatoms. The average molecular weight is 423 g/mol. The van der Waals surface area contributed by atoms with Crippen molar-refractivity contribution >= 4 is 11.7 Å². The lowest BCUT2D eigenvalue weighted by Crippen LogP contribution is -2.39. The van der Waals surface area contributed by atoms with E-state index in [1.54, 1.807) is 42.2 Å². The molecular weight excluding hydrogens is 397 g/mol. The predicted molar refractivity (Wildman–Crippen MR) is 117 cm³/mol. The highest BCUT2D eigenvalue weighted by Gasteiger charge is 2.18. The van der Waals surface area contributed by atoms with Crippen LogP contribution in [0.1, 0.15) is 37.7 Å². The number of halogens is 1. The third-order valence-electron chi connectivity index (χ3n) is 5.49. The van der Waals surface area contributed by atoms with E-state index in [2.05, 4.69) is 20.7 Å². The highest BCUT2D eigenvalue weighted by Crippen LogP contribution is 2.32. The first-order chi connectivity index (χ1) is 15.0. The van der Waals surface area contributed by atoms with Gasteiger partial charge in [-0.3, -0.25) is 9.67 Å². The molecule has 2 aromatic heterocycles. The minimum atomic E-state index is -0.516. The van der Waals surface area contributed by atoms with E-state index in [4.69, 9.17) is 4.74 Å². The molecule has 0 atom stereocenters. The maximum Gasteiger partial charge on any atom is 0.319 e.